The Bertz CT molecular complexity index is 746. The first-order valence-electron chi connectivity index (χ1n) is 8.51. The van der Waals surface area contributed by atoms with Crippen LogP contribution in [0.2, 0.25) is 0 Å². The summed E-state index contributed by atoms with van der Waals surface area (Å²) < 4.78 is 10.7. The summed E-state index contributed by atoms with van der Waals surface area (Å²) in [5, 5.41) is 19.7. The number of aliphatic hydroxyl groups is 1. The molecule has 1 aromatic carbocycles. The highest BCUT2D eigenvalue weighted by molar-refractivity contribution is 5.90. The number of carbonyl (C=O) groups is 2. The lowest BCUT2D eigenvalue weighted by molar-refractivity contribution is -0.145. The molecule has 2 N–H and O–H groups in total. The van der Waals surface area contributed by atoms with Crippen molar-refractivity contribution in [1.82, 2.24) is 4.90 Å². The van der Waals surface area contributed by atoms with E-state index in [1.165, 1.54) is 0 Å². The van der Waals surface area contributed by atoms with Gasteiger partial charge in [-0.25, -0.2) is 9.59 Å². The van der Waals surface area contributed by atoms with Gasteiger partial charge in [0.1, 0.15) is 12.4 Å². The molecule has 0 spiro atoms. The number of carbonyl (C=O) groups excluding carboxylic acids is 1. The lowest BCUT2D eigenvalue weighted by atomic mass is 9.62. The first-order valence-corrected chi connectivity index (χ1v) is 8.51. The first-order chi connectivity index (χ1) is 12.4. The summed E-state index contributed by atoms with van der Waals surface area (Å²) in [7, 11) is 3.57. The summed E-state index contributed by atoms with van der Waals surface area (Å²) in [6.07, 6.45) is 2.26. The van der Waals surface area contributed by atoms with Gasteiger partial charge in [0.25, 0.3) is 0 Å². The van der Waals surface area contributed by atoms with Gasteiger partial charge in [0.15, 0.2) is 0 Å². The number of aliphatic carboxylic acids is 1. The molecule has 0 saturated carbocycles. The van der Waals surface area contributed by atoms with Crippen LogP contribution in [-0.4, -0.2) is 66.5 Å². The number of rotatable bonds is 5. The average molecular weight is 361 g/mol. The van der Waals surface area contributed by atoms with Crippen molar-refractivity contribution >= 4 is 11.9 Å². The zero-order chi connectivity index (χ0) is 18.9. The van der Waals surface area contributed by atoms with E-state index in [-0.39, 0.29) is 12.6 Å². The van der Waals surface area contributed by atoms with Gasteiger partial charge in [0.2, 0.25) is 0 Å². The van der Waals surface area contributed by atoms with E-state index >= 15 is 0 Å². The third-order valence-corrected chi connectivity index (χ3v) is 5.52. The van der Waals surface area contributed by atoms with E-state index in [9.17, 15) is 14.7 Å². The van der Waals surface area contributed by atoms with E-state index in [0.29, 0.717) is 18.6 Å². The number of nitrogens with zero attached hydrogens (tertiary/aromatic N) is 1. The Morgan fingerprint density at radius 3 is 2.85 bits per heavy atom. The predicted octanol–water partition coefficient (Wildman–Crippen LogP) is 0.738. The third kappa shape index (κ3) is 3.20. The molecule has 140 valence electrons. The molecule has 7 nitrogen and oxygen atoms in total. The van der Waals surface area contributed by atoms with Crippen LogP contribution in [0.15, 0.2) is 30.4 Å². The molecule has 7 heteroatoms. The molecule has 0 radical (unpaired) electrons. The van der Waals surface area contributed by atoms with E-state index in [0.717, 1.165) is 29.8 Å². The minimum atomic E-state index is -1.22. The van der Waals surface area contributed by atoms with Gasteiger partial charge in [0.05, 0.1) is 18.6 Å². The average Bonchev–Trinajstić information content (AvgIpc) is 2.62. The maximum atomic E-state index is 11.9. The number of aliphatic hydroxyl groups excluding tert-OH is 1. The number of carboxylic acids is 1. The van der Waals surface area contributed by atoms with Crippen LogP contribution in [0.1, 0.15) is 17.5 Å². The zero-order valence-electron chi connectivity index (χ0n) is 14.8. The standard InChI is InChI=1S/C19H23NO6/c1-20-8-7-19(11-26-17(23)6-5-16(21)22)14-10-13(25-2)4-3-12(14)9-15(20)18(19)24/h3-6,10,15,18,24H,7-9,11H2,1-2H3,(H,21,22)/b6-5+/t15?,18-,19?/m1/s1. The number of hydrogen-bond acceptors (Lipinski definition) is 6. The summed E-state index contributed by atoms with van der Waals surface area (Å²) in [6.45, 7) is 0.752. The molecule has 26 heavy (non-hydrogen) atoms. The highest BCUT2D eigenvalue weighted by atomic mass is 16.5. The van der Waals surface area contributed by atoms with Crippen molar-refractivity contribution in [2.45, 2.75) is 30.4 Å². The van der Waals surface area contributed by atoms with Crippen molar-refractivity contribution in [2.75, 3.05) is 27.3 Å². The molecule has 1 aromatic rings. The van der Waals surface area contributed by atoms with Crippen LogP contribution in [0, 0.1) is 0 Å². The number of likely N-dealkylation sites (tertiary alicyclic amines) is 1. The molecule has 0 aromatic heterocycles. The quantitative estimate of drug-likeness (QED) is 0.590. The molecule has 1 saturated heterocycles. The van der Waals surface area contributed by atoms with Crippen molar-refractivity contribution in [3.8, 4) is 5.75 Å². The zero-order valence-corrected chi connectivity index (χ0v) is 14.8. The minimum Gasteiger partial charge on any atom is -0.497 e. The predicted molar refractivity (Wildman–Crippen MR) is 93.2 cm³/mol. The highest BCUT2D eigenvalue weighted by Crippen LogP contribution is 2.46. The van der Waals surface area contributed by atoms with Gasteiger partial charge in [-0.15, -0.1) is 0 Å². The summed E-state index contributed by atoms with van der Waals surface area (Å²) in [5.74, 6) is -1.27. The van der Waals surface area contributed by atoms with E-state index in [2.05, 4.69) is 4.90 Å². The number of ether oxygens (including phenoxy) is 2. The van der Waals surface area contributed by atoms with Crippen molar-refractivity contribution in [2.24, 2.45) is 0 Å². The summed E-state index contributed by atoms with van der Waals surface area (Å²) in [4.78, 5) is 24.5. The first kappa shape index (κ1) is 18.4. The van der Waals surface area contributed by atoms with Crippen LogP contribution >= 0.6 is 0 Å². The van der Waals surface area contributed by atoms with E-state index in [1.54, 1.807) is 7.11 Å². The number of likely N-dealkylation sites (N-methyl/N-ethyl adjacent to an activating group) is 1. The van der Waals surface area contributed by atoms with Gasteiger partial charge in [0, 0.05) is 18.2 Å². The Labute approximate surface area is 151 Å². The smallest absolute Gasteiger partial charge is 0.331 e. The molecule has 2 aliphatic rings. The second-order valence-corrected chi connectivity index (χ2v) is 6.91. The Kier molecular flexibility index (Phi) is 5.02. The van der Waals surface area contributed by atoms with Crippen LogP contribution < -0.4 is 4.74 Å². The fourth-order valence-corrected chi connectivity index (χ4v) is 4.03. The van der Waals surface area contributed by atoms with Gasteiger partial charge in [-0.05, 0) is 49.7 Å². The van der Waals surface area contributed by atoms with Crippen LogP contribution in [0.3, 0.4) is 0 Å². The van der Waals surface area contributed by atoms with Gasteiger partial charge < -0.3 is 24.6 Å². The molecule has 1 heterocycles. The van der Waals surface area contributed by atoms with E-state index < -0.39 is 23.5 Å². The number of benzene rings is 1. The third-order valence-electron chi connectivity index (χ3n) is 5.52. The number of hydrogen-bond donors (Lipinski definition) is 2. The van der Waals surface area contributed by atoms with Gasteiger partial charge >= 0.3 is 11.9 Å². The van der Waals surface area contributed by atoms with Crippen LogP contribution in [0.5, 0.6) is 5.75 Å². The van der Waals surface area contributed by atoms with Gasteiger partial charge in [-0.1, -0.05) is 6.07 Å². The molecule has 3 rings (SSSR count). The maximum Gasteiger partial charge on any atom is 0.331 e. The van der Waals surface area contributed by atoms with Crippen molar-refractivity contribution in [3.63, 3.8) is 0 Å². The van der Waals surface area contributed by atoms with E-state index in [4.69, 9.17) is 14.6 Å². The summed E-state index contributed by atoms with van der Waals surface area (Å²) >= 11 is 0. The lowest BCUT2D eigenvalue weighted by Gasteiger charge is -2.53. The maximum absolute atomic E-state index is 11.9. The number of carboxylic acid groups (broad SMARTS) is 1. The molecule has 1 aliphatic heterocycles. The second kappa shape index (κ2) is 7.09. The van der Waals surface area contributed by atoms with E-state index in [1.807, 2.05) is 25.2 Å². The van der Waals surface area contributed by atoms with Crippen molar-refractivity contribution in [1.29, 1.82) is 0 Å². The Morgan fingerprint density at radius 1 is 1.38 bits per heavy atom. The van der Waals surface area contributed by atoms with Crippen molar-refractivity contribution in [3.05, 3.63) is 41.5 Å². The Morgan fingerprint density at radius 2 is 2.15 bits per heavy atom. The largest absolute Gasteiger partial charge is 0.497 e. The molecule has 0 amide bonds. The number of methoxy groups -OCH3 is 1. The molecule has 1 aliphatic carbocycles. The van der Waals surface area contributed by atoms with Gasteiger partial charge in [-0.2, -0.15) is 0 Å². The van der Waals surface area contributed by atoms with Crippen molar-refractivity contribution < 1.29 is 29.3 Å². The van der Waals surface area contributed by atoms with Gasteiger partial charge in [-0.3, -0.25) is 0 Å². The SMILES string of the molecule is COc1ccc2c(c1)C1(COC(=O)/C=C/C(=O)O)CCN(C)C(C2)[C@H]1O. The molecular weight excluding hydrogens is 338 g/mol. The normalized spacial score (nSPS) is 27.8. The number of fused-ring (bicyclic) bond motifs is 4. The number of piperidine rings is 1. The second-order valence-electron chi connectivity index (χ2n) is 6.91. The summed E-state index contributed by atoms with van der Waals surface area (Å²) in [5.41, 5.74) is 1.31. The number of esters is 1. The highest BCUT2D eigenvalue weighted by Gasteiger charge is 2.53. The molecule has 2 unspecified atom stereocenters. The summed E-state index contributed by atoms with van der Waals surface area (Å²) in [6, 6.07) is 5.73. The van der Waals surface area contributed by atoms with Crippen LogP contribution in [0.25, 0.3) is 0 Å². The molecular formula is C19H23NO6. The van der Waals surface area contributed by atoms with Crippen LogP contribution in [0.4, 0.5) is 0 Å². The topological polar surface area (TPSA) is 96.3 Å². The minimum absolute atomic E-state index is 0.0124. The molecule has 1 fully saturated rings. The monoisotopic (exact) mass is 361 g/mol. The Hall–Kier alpha value is -2.38. The lowest BCUT2D eigenvalue weighted by Crippen LogP contribution is -2.63. The molecule has 2 bridgehead atoms. The molecule has 3 atom stereocenters. The fraction of sp³-hybridized carbons (Fsp3) is 0.474. The van der Waals surface area contributed by atoms with Crippen LogP contribution in [-0.2, 0) is 26.2 Å². The fourth-order valence-electron chi connectivity index (χ4n) is 4.03. The Balaban J connectivity index is 1.94.